The van der Waals surface area contributed by atoms with Gasteiger partial charge >= 0.3 is 5.97 Å². The summed E-state index contributed by atoms with van der Waals surface area (Å²) in [6.07, 6.45) is 4.85. The lowest BCUT2D eigenvalue weighted by atomic mass is 9.82. The average Bonchev–Trinajstić information content (AvgIpc) is 3.02. The molecule has 0 unspecified atom stereocenters. The molecule has 0 spiro atoms. The molecule has 0 radical (unpaired) electrons. The van der Waals surface area contributed by atoms with E-state index in [1.165, 1.54) is 0 Å². The zero-order valence-corrected chi connectivity index (χ0v) is 9.41. The van der Waals surface area contributed by atoms with Gasteiger partial charge in [0.2, 0.25) is 5.91 Å². The summed E-state index contributed by atoms with van der Waals surface area (Å²) in [5.41, 5.74) is 0. The number of ether oxygens (including phenoxy) is 1. The van der Waals surface area contributed by atoms with Crippen LogP contribution in [0.4, 0.5) is 0 Å². The number of carboxylic acid groups (broad SMARTS) is 1. The average molecular weight is 237 g/mol. The van der Waals surface area contributed by atoms with Crippen molar-refractivity contribution in [1.82, 2.24) is 4.90 Å². The van der Waals surface area contributed by atoms with Crippen LogP contribution in [0.3, 0.4) is 0 Å². The molecule has 92 valence electrons. The molecule has 0 aromatic heterocycles. The van der Waals surface area contributed by atoms with Gasteiger partial charge in [-0.2, -0.15) is 0 Å². The number of nitrogens with zero attached hydrogens (tertiary/aromatic N) is 1. The molecule has 3 rings (SSSR count). The monoisotopic (exact) mass is 237 g/mol. The van der Waals surface area contributed by atoms with Gasteiger partial charge in [-0.1, -0.05) is 12.2 Å². The van der Waals surface area contributed by atoms with E-state index in [9.17, 15) is 14.7 Å². The maximum Gasteiger partial charge on any atom is 0.310 e. The van der Waals surface area contributed by atoms with Crippen LogP contribution in [-0.4, -0.2) is 47.2 Å². The Morgan fingerprint density at radius 2 is 1.71 bits per heavy atom. The quantitative estimate of drug-likeness (QED) is 0.700. The summed E-state index contributed by atoms with van der Waals surface area (Å²) in [6.45, 7) is 1.51. The molecule has 0 saturated carbocycles. The largest absolute Gasteiger partial charge is 0.481 e. The van der Waals surface area contributed by atoms with Gasteiger partial charge in [0.15, 0.2) is 0 Å². The van der Waals surface area contributed by atoms with Crippen molar-refractivity contribution in [3.63, 3.8) is 0 Å². The zero-order valence-electron chi connectivity index (χ0n) is 9.41. The van der Waals surface area contributed by atoms with Gasteiger partial charge < -0.3 is 14.7 Å². The zero-order chi connectivity index (χ0) is 12.0. The smallest absolute Gasteiger partial charge is 0.310 e. The lowest BCUT2D eigenvalue weighted by Crippen LogP contribution is -2.43. The van der Waals surface area contributed by atoms with Crippen molar-refractivity contribution in [2.24, 2.45) is 11.8 Å². The fourth-order valence-electron chi connectivity index (χ4n) is 3.05. The molecule has 3 aliphatic rings. The molecule has 17 heavy (non-hydrogen) atoms. The molecule has 4 atom stereocenters. The highest BCUT2D eigenvalue weighted by Gasteiger charge is 2.54. The van der Waals surface area contributed by atoms with Crippen LogP contribution >= 0.6 is 0 Å². The number of aliphatic carboxylic acids is 1. The van der Waals surface area contributed by atoms with Crippen molar-refractivity contribution in [2.45, 2.75) is 25.0 Å². The van der Waals surface area contributed by atoms with Gasteiger partial charge in [0.1, 0.15) is 5.92 Å². The van der Waals surface area contributed by atoms with Crippen LogP contribution in [0.25, 0.3) is 0 Å². The van der Waals surface area contributed by atoms with Gasteiger partial charge in [-0.05, 0) is 12.8 Å². The van der Waals surface area contributed by atoms with Crippen molar-refractivity contribution in [3.05, 3.63) is 12.2 Å². The Hall–Kier alpha value is -1.36. The molecule has 2 bridgehead atoms. The first-order valence-electron chi connectivity index (χ1n) is 6.04. The van der Waals surface area contributed by atoms with E-state index >= 15 is 0 Å². The van der Waals surface area contributed by atoms with Gasteiger partial charge in [-0.15, -0.1) is 0 Å². The van der Waals surface area contributed by atoms with Crippen molar-refractivity contribution < 1.29 is 19.4 Å². The van der Waals surface area contributed by atoms with E-state index in [1.807, 2.05) is 6.08 Å². The summed E-state index contributed by atoms with van der Waals surface area (Å²) < 4.78 is 5.50. The lowest BCUT2D eigenvalue weighted by molar-refractivity contribution is -0.149. The van der Waals surface area contributed by atoms with Gasteiger partial charge in [0.25, 0.3) is 0 Å². The first-order valence-corrected chi connectivity index (χ1v) is 6.04. The second-order valence-corrected chi connectivity index (χ2v) is 4.87. The fraction of sp³-hybridized carbons (Fsp3) is 0.667. The molecule has 5 nitrogen and oxygen atoms in total. The number of hydrogen-bond donors (Lipinski definition) is 1. The summed E-state index contributed by atoms with van der Waals surface area (Å²) in [4.78, 5) is 25.3. The number of hydrogen-bond acceptors (Lipinski definition) is 3. The third kappa shape index (κ3) is 1.57. The maximum absolute atomic E-state index is 12.3. The van der Waals surface area contributed by atoms with Gasteiger partial charge in [0.05, 0.1) is 18.1 Å². The fourth-order valence-corrected chi connectivity index (χ4v) is 3.05. The number of rotatable bonds is 2. The molecule has 0 aromatic rings. The predicted octanol–water partition coefficient (Wildman–Crippen LogP) is 0.263. The summed E-state index contributed by atoms with van der Waals surface area (Å²) in [7, 11) is 0. The molecule has 0 aliphatic carbocycles. The Labute approximate surface area is 99.0 Å². The van der Waals surface area contributed by atoms with Crippen LogP contribution in [0, 0.1) is 11.8 Å². The third-order valence-electron chi connectivity index (χ3n) is 3.89. The van der Waals surface area contributed by atoms with Crippen molar-refractivity contribution in [1.29, 1.82) is 0 Å². The maximum atomic E-state index is 12.3. The standard InChI is InChI=1S/C12H15NO4/c14-11(13-5-1-2-6-13)9-7-3-4-8(17-7)10(9)12(15)16/h3-4,7-10H,1-2,5-6H2,(H,15,16)/t7-,8-,9+,10-/m1/s1. The number of likely N-dealkylation sites (tertiary alicyclic amines) is 1. The van der Waals surface area contributed by atoms with Crippen LogP contribution in [0.2, 0.25) is 0 Å². The Kier molecular flexibility index (Phi) is 2.43. The van der Waals surface area contributed by atoms with Crippen LogP contribution in [-0.2, 0) is 14.3 Å². The van der Waals surface area contributed by atoms with E-state index in [1.54, 1.807) is 11.0 Å². The summed E-state index contributed by atoms with van der Waals surface area (Å²) in [6, 6.07) is 0. The summed E-state index contributed by atoms with van der Waals surface area (Å²) in [5, 5.41) is 9.21. The summed E-state index contributed by atoms with van der Waals surface area (Å²) >= 11 is 0. The second-order valence-electron chi connectivity index (χ2n) is 4.87. The van der Waals surface area contributed by atoms with Crippen molar-refractivity contribution in [2.75, 3.05) is 13.1 Å². The van der Waals surface area contributed by atoms with E-state index in [0.29, 0.717) is 0 Å². The molecular formula is C12H15NO4. The number of carboxylic acids is 1. The van der Waals surface area contributed by atoms with E-state index in [4.69, 9.17) is 4.74 Å². The highest BCUT2D eigenvalue weighted by atomic mass is 16.5. The molecule has 1 amide bonds. The minimum absolute atomic E-state index is 0.0493. The Balaban J connectivity index is 1.83. The molecule has 3 aliphatic heterocycles. The second kappa shape index (κ2) is 3.84. The van der Waals surface area contributed by atoms with Crippen LogP contribution in [0.5, 0.6) is 0 Å². The lowest BCUT2D eigenvalue weighted by Gasteiger charge is -2.25. The number of carbonyl (C=O) groups excluding carboxylic acids is 1. The number of fused-ring (bicyclic) bond motifs is 2. The van der Waals surface area contributed by atoms with E-state index in [0.717, 1.165) is 25.9 Å². The van der Waals surface area contributed by atoms with Crippen LogP contribution < -0.4 is 0 Å². The summed E-state index contributed by atoms with van der Waals surface area (Å²) in [5.74, 6) is -2.22. The molecule has 5 heteroatoms. The molecule has 0 aromatic carbocycles. The first kappa shape index (κ1) is 10.8. The van der Waals surface area contributed by atoms with Crippen LogP contribution in [0.1, 0.15) is 12.8 Å². The molecule has 3 heterocycles. The molecular weight excluding hydrogens is 222 g/mol. The minimum atomic E-state index is -0.931. The topological polar surface area (TPSA) is 66.8 Å². The van der Waals surface area contributed by atoms with Crippen molar-refractivity contribution in [3.8, 4) is 0 Å². The highest BCUT2D eigenvalue weighted by Crippen LogP contribution is 2.40. The Morgan fingerprint density at radius 3 is 2.29 bits per heavy atom. The highest BCUT2D eigenvalue weighted by molar-refractivity contribution is 5.87. The van der Waals surface area contributed by atoms with E-state index in [2.05, 4.69) is 0 Å². The van der Waals surface area contributed by atoms with Crippen LogP contribution in [0.15, 0.2) is 12.2 Å². The predicted molar refractivity (Wildman–Crippen MR) is 58.2 cm³/mol. The van der Waals surface area contributed by atoms with Crippen molar-refractivity contribution >= 4 is 11.9 Å². The normalized spacial score (nSPS) is 38.9. The van der Waals surface area contributed by atoms with E-state index < -0.39 is 23.9 Å². The minimum Gasteiger partial charge on any atom is -0.481 e. The molecule has 1 N–H and O–H groups in total. The SMILES string of the molecule is O=C(O)[C@H]1[C@@H](C(=O)N2CCCC2)[C@H]2C=C[C@H]1O2. The Bertz CT molecular complexity index is 386. The van der Waals surface area contributed by atoms with E-state index in [-0.39, 0.29) is 12.0 Å². The number of amides is 1. The third-order valence-corrected chi connectivity index (χ3v) is 3.89. The number of carbonyl (C=O) groups is 2. The van der Waals surface area contributed by atoms with Gasteiger partial charge in [-0.3, -0.25) is 9.59 Å². The molecule has 2 fully saturated rings. The van der Waals surface area contributed by atoms with Gasteiger partial charge in [-0.25, -0.2) is 0 Å². The molecule has 2 saturated heterocycles. The first-order chi connectivity index (χ1) is 8.18. The van der Waals surface area contributed by atoms with Gasteiger partial charge in [0, 0.05) is 13.1 Å². The Morgan fingerprint density at radius 1 is 1.12 bits per heavy atom.